The Morgan fingerprint density at radius 2 is 2.00 bits per heavy atom. The van der Waals surface area contributed by atoms with Gasteiger partial charge >= 0.3 is 0 Å². The summed E-state index contributed by atoms with van der Waals surface area (Å²) in [6.07, 6.45) is 4.52. The molecule has 1 amide bonds. The van der Waals surface area contributed by atoms with E-state index < -0.39 is 0 Å². The predicted molar refractivity (Wildman–Crippen MR) is 78.5 cm³/mol. The molecule has 2 nitrogen and oxygen atoms in total. The number of benzene rings is 1. The zero-order valence-corrected chi connectivity index (χ0v) is 12.6. The molecule has 18 heavy (non-hydrogen) atoms. The maximum Gasteiger partial charge on any atom is 0.254 e. The molecule has 1 aromatic carbocycles. The van der Waals surface area contributed by atoms with Gasteiger partial charge in [0.25, 0.3) is 5.91 Å². The minimum atomic E-state index is 0.136. The molecule has 0 aliphatic heterocycles. The Kier molecular flexibility index (Phi) is 5.07. The fraction of sp³-hybridized carbons (Fsp3) is 0.500. The third-order valence-electron chi connectivity index (χ3n) is 3.40. The molecule has 0 aromatic heterocycles. The van der Waals surface area contributed by atoms with E-state index in [1.807, 2.05) is 17.0 Å². The maximum atomic E-state index is 12.5. The second kappa shape index (κ2) is 6.58. The van der Waals surface area contributed by atoms with Gasteiger partial charge in [-0.15, -0.1) is 0 Å². The fourth-order valence-electron chi connectivity index (χ4n) is 2.14. The molecule has 0 atom stereocenters. The first kappa shape index (κ1) is 13.9. The van der Waals surface area contributed by atoms with Crippen molar-refractivity contribution < 1.29 is 4.79 Å². The van der Waals surface area contributed by atoms with Gasteiger partial charge in [-0.1, -0.05) is 27.5 Å². The number of halogens is 2. The van der Waals surface area contributed by atoms with Crippen LogP contribution in [0.4, 0.5) is 0 Å². The highest BCUT2D eigenvalue weighted by Crippen LogP contribution is 2.26. The Balaban J connectivity index is 2.08. The minimum Gasteiger partial charge on any atom is -0.336 e. The molecule has 0 unspecified atom stereocenters. The van der Waals surface area contributed by atoms with E-state index in [4.69, 9.17) is 11.6 Å². The number of rotatable bonds is 5. The zero-order valence-electron chi connectivity index (χ0n) is 10.2. The Morgan fingerprint density at radius 1 is 1.33 bits per heavy atom. The summed E-state index contributed by atoms with van der Waals surface area (Å²) in [6, 6.07) is 7.61. The van der Waals surface area contributed by atoms with Gasteiger partial charge in [-0.05, 0) is 49.9 Å². The van der Waals surface area contributed by atoms with Gasteiger partial charge in [-0.25, -0.2) is 0 Å². The Labute approximate surface area is 121 Å². The van der Waals surface area contributed by atoms with Crippen molar-refractivity contribution in [2.24, 2.45) is 0 Å². The monoisotopic (exact) mass is 329 g/mol. The quantitative estimate of drug-likeness (QED) is 0.744. The summed E-state index contributed by atoms with van der Waals surface area (Å²) in [5, 5.41) is 1.60. The van der Waals surface area contributed by atoms with Crippen LogP contribution >= 0.6 is 27.5 Å². The molecule has 98 valence electrons. The van der Waals surface area contributed by atoms with Crippen LogP contribution in [0.1, 0.15) is 36.0 Å². The van der Waals surface area contributed by atoms with Crippen molar-refractivity contribution in [1.29, 1.82) is 0 Å². The number of carbonyl (C=O) groups is 1. The van der Waals surface area contributed by atoms with E-state index in [0.29, 0.717) is 11.1 Å². The van der Waals surface area contributed by atoms with E-state index in [1.165, 1.54) is 6.42 Å². The lowest BCUT2D eigenvalue weighted by Crippen LogP contribution is -2.44. The van der Waals surface area contributed by atoms with Gasteiger partial charge < -0.3 is 4.90 Å². The molecule has 0 spiro atoms. The van der Waals surface area contributed by atoms with Crippen LogP contribution in [0.25, 0.3) is 0 Å². The number of carbonyl (C=O) groups excluding carboxylic acids is 1. The molecule has 1 aliphatic carbocycles. The van der Waals surface area contributed by atoms with Crippen LogP contribution in [-0.2, 0) is 0 Å². The van der Waals surface area contributed by atoms with Crippen molar-refractivity contribution in [3.8, 4) is 0 Å². The van der Waals surface area contributed by atoms with E-state index in [0.717, 1.165) is 36.7 Å². The van der Waals surface area contributed by atoms with Crippen molar-refractivity contribution >= 4 is 33.4 Å². The van der Waals surface area contributed by atoms with Crippen LogP contribution in [-0.4, -0.2) is 28.7 Å². The van der Waals surface area contributed by atoms with E-state index in [-0.39, 0.29) is 5.91 Å². The van der Waals surface area contributed by atoms with Crippen LogP contribution in [0.15, 0.2) is 24.3 Å². The van der Waals surface area contributed by atoms with Crippen LogP contribution in [0.3, 0.4) is 0 Å². The Morgan fingerprint density at radius 3 is 2.50 bits per heavy atom. The molecular formula is C14H17BrClNO. The van der Waals surface area contributed by atoms with Crippen molar-refractivity contribution in [1.82, 2.24) is 4.90 Å². The fourth-order valence-corrected chi connectivity index (χ4v) is 2.51. The zero-order chi connectivity index (χ0) is 13.0. The maximum absolute atomic E-state index is 12.5. The van der Waals surface area contributed by atoms with Gasteiger partial charge in [0.2, 0.25) is 0 Å². The Bertz CT molecular complexity index is 403. The third kappa shape index (κ3) is 3.27. The summed E-state index contributed by atoms with van der Waals surface area (Å²) in [7, 11) is 0. The topological polar surface area (TPSA) is 20.3 Å². The van der Waals surface area contributed by atoms with Gasteiger partial charge in [0.15, 0.2) is 0 Å². The lowest BCUT2D eigenvalue weighted by molar-refractivity contribution is 0.0581. The van der Waals surface area contributed by atoms with Gasteiger partial charge in [0.1, 0.15) is 0 Å². The third-order valence-corrected chi connectivity index (χ3v) is 4.21. The number of amides is 1. The molecule has 0 heterocycles. The molecule has 2 rings (SSSR count). The molecular weight excluding hydrogens is 314 g/mol. The lowest BCUT2D eigenvalue weighted by Gasteiger charge is -2.37. The van der Waals surface area contributed by atoms with Gasteiger partial charge in [0, 0.05) is 28.5 Å². The van der Waals surface area contributed by atoms with E-state index >= 15 is 0 Å². The molecule has 0 N–H and O–H groups in total. The summed E-state index contributed by atoms with van der Waals surface area (Å²) >= 11 is 9.28. The van der Waals surface area contributed by atoms with Gasteiger partial charge in [0.05, 0.1) is 0 Å². The van der Waals surface area contributed by atoms with Crippen molar-refractivity contribution in [2.45, 2.75) is 31.7 Å². The standard InChI is InChI=1S/C14H17BrClNO/c15-9-2-10-17(13-3-1-4-13)14(18)11-5-7-12(16)8-6-11/h5-8,13H,1-4,9-10H2. The largest absolute Gasteiger partial charge is 0.336 e. The first-order chi connectivity index (χ1) is 8.72. The highest BCUT2D eigenvalue weighted by molar-refractivity contribution is 9.09. The molecule has 1 fully saturated rings. The number of alkyl halides is 1. The van der Waals surface area contributed by atoms with Crippen molar-refractivity contribution in [3.05, 3.63) is 34.9 Å². The second-order valence-corrected chi connectivity index (χ2v) is 5.86. The molecule has 0 bridgehead atoms. The van der Waals surface area contributed by atoms with Crippen LogP contribution in [0, 0.1) is 0 Å². The van der Waals surface area contributed by atoms with E-state index in [1.54, 1.807) is 12.1 Å². The van der Waals surface area contributed by atoms with E-state index in [2.05, 4.69) is 15.9 Å². The number of hydrogen-bond donors (Lipinski definition) is 0. The summed E-state index contributed by atoms with van der Waals surface area (Å²) in [6.45, 7) is 0.831. The average Bonchev–Trinajstić information content (AvgIpc) is 2.32. The summed E-state index contributed by atoms with van der Waals surface area (Å²) in [4.78, 5) is 14.5. The number of hydrogen-bond acceptors (Lipinski definition) is 1. The highest BCUT2D eigenvalue weighted by Gasteiger charge is 2.28. The number of nitrogens with zero attached hydrogens (tertiary/aromatic N) is 1. The molecule has 1 aromatic rings. The van der Waals surface area contributed by atoms with Crippen LogP contribution < -0.4 is 0 Å². The van der Waals surface area contributed by atoms with E-state index in [9.17, 15) is 4.79 Å². The predicted octanol–water partition coefficient (Wildman–Crippen LogP) is 4.12. The first-order valence-corrected chi connectivity index (χ1v) is 7.85. The summed E-state index contributed by atoms with van der Waals surface area (Å²) in [5.41, 5.74) is 0.737. The van der Waals surface area contributed by atoms with Gasteiger partial charge in [-0.3, -0.25) is 4.79 Å². The van der Waals surface area contributed by atoms with Crippen LogP contribution in [0.5, 0.6) is 0 Å². The second-order valence-electron chi connectivity index (χ2n) is 4.63. The summed E-state index contributed by atoms with van der Waals surface area (Å²) in [5.74, 6) is 0.136. The average molecular weight is 331 g/mol. The SMILES string of the molecule is O=C(c1ccc(Cl)cc1)N(CCCBr)C1CCC1. The highest BCUT2D eigenvalue weighted by atomic mass is 79.9. The van der Waals surface area contributed by atoms with Crippen LogP contribution in [0.2, 0.25) is 5.02 Å². The normalized spacial score (nSPS) is 15.2. The molecule has 0 saturated heterocycles. The van der Waals surface area contributed by atoms with Crippen molar-refractivity contribution in [3.63, 3.8) is 0 Å². The molecule has 1 aliphatic rings. The first-order valence-electron chi connectivity index (χ1n) is 6.35. The molecule has 4 heteroatoms. The van der Waals surface area contributed by atoms with Crippen molar-refractivity contribution in [2.75, 3.05) is 11.9 Å². The smallest absolute Gasteiger partial charge is 0.254 e. The van der Waals surface area contributed by atoms with Gasteiger partial charge in [-0.2, -0.15) is 0 Å². The minimum absolute atomic E-state index is 0.136. The lowest BCUT2D eigenvalue weighted by atomic mass is 9.91. The summed E-state index contributed by atoms with van der Waals surface area (Å²) < 4.78 is 0. The molecule has 0 radical (unpaired) electrons. The molecule has 1 saturated carbocycles. The Hall–Kier alpha value is -0.540.